The van der Waals surface area contributed by atoms with Crippen LogP contribution in [0.3, 0.4) is 0 Å². The summed E-state index contributed by atoms with van der Waals surface area (Å²) in [7, 11) is 0. The van der Waals surface area contributed by atoms with Crippen LogP contribution in [-0.4, -0.2) is 31.8 Å². The van der Waals surface area contributed by atoms with Crippen LogP contribution in [0.1, 0.15) is 51.1 Å². The van der Waals surface area contributed by atoms with Gasteiger partial charge in [-0.3, -0.25) is 0 Å². The average molecular weight is 376 g/mol. The summed E-state index contributed by atoms with van der Waals surface area (Å²) in [5, 5.41) is 8.10. The normalized spacial score (nSPS) is 21.6. The van der Waals surface area contributed by atoms with E-state index < -0.39 is 12.6 Å². The molecule has 1 saturated carbocycles. The molecule has 1 N–H and O–H groups in total. The molecule has 2 aromatic heterocycles. The first-order valence-electron chi connectivity index (χ1n) is 8.58. The molecule has 0 radical (unpaired) electrons. The van der Waals surface area contributed by atoms with Crippen LogP contribution in [0.2, 0.25) is 5.02 Å². The van der Waals surface area contributed by atoms with E-state index in [0.717, 1.165) is 31.4 Å². The molecule has 0 bridgehead atoms. The van der Waals surface area contributed by atoms with Gasteiger partial charge in [-0.1, -0.05) is 18.5 Å². The molecule has 1 fully saturated rings. The van der Waals surface area contributed by atoms with E-state index in [4.69, 9.17) is 11.6 Å². The smallest absolute Gasteiger partial charge is 0.366 e. The van der Waals surface area contributed by atoms with Crippen molar-refractivity contribution in [1.82, 2.24) is 19.6 Å². The highest BCUT2D eigenvalue weighted by Gasteiger charge is 2.30. The highest BCUT2D eigenvalue weighted by molar-refractivity contribution is 6.33. The summed E-state index contributed by atoms with van der Waals surface area (Å²) in [5.74, 6) is 1.30. The molecule has 0 unspecified atom stereocenters. The number of anilines is 1. The Kier molecular flexibility index (Phi) is 5.36. The van der Waals surface area contributed by atoms with E-state index in [9.17, 15) is 13.2 Å². The first-order valence-corrected chi connectivity index (χ1v) is 8.96. The van der Waals surface area contributed by atoms with Crippen LogP contribution in [0, 0.1) is 5.92 Å². The van der Waals surface area contributed by atoms with Crippen LogP contribution in [0.25, 0.3) is 5.78 Å². The standard InChI is InChI=1S/C16H21ClF3N5/c1-2-12-13(17)14(25-15(24-12)21-9-22-25)23-11-5-3-10(4-6-11)7-8-16(18,19)20/h9-11,23H,2-8H2,1H3. The molecule has 0 spiro atoms. The summed E-state index contributed by atoms with van der Waals surface area (Å²) in [6, 6.07) is 0.166. The third-order valence-corrected chi connectivity index (χ3v) is 5.19. The Morgan fingerprint density at radius 3 is 2.64 bits per heavy atom. The van der Waals surface area contributed by atoms with Gasteiger partial charge in [0, 0.05) is 12.5 Å². The minimum Gasteiger partial charge on any atom is -0.366 e. The molecule has 0 saturated heterocycles. The van der Waals surface area contributed by atoms with Gasteiger partial charge in [-0.2, -0.15) is 27.8 Å². The topological polar surface area (TPSA) is 55.1 Å². The number of alkyl halides is 3. The maximum atomic E-state index is 12.4. The van der Waals surface area contributed by atoms with Crippen LogP contribution in [-0.2, 0) is 6.42 Å². The molecule has 2 aromatic rings. The molecule has 1 aliphatic rings. The van der Waals surface area contributed by atoms with Crippen molar-refractivity contribution in [3.8, 4) is 0 Å². The van der Waals surface area contributed by atoms with Gasteiger partial charge >= 0.3 is 6.18 Å². The van der Waals surface area contributed by atoms with Gasteiger partial charge in [0.15, 0.2) is 5.82 Å². The summed E-state index contributed by atoms with van der Waals surface area (Å²) in [5.41, 5.74) is 0.753. The number of nitrogens with one attached hydrogen (secondary N) is 1. The van der Waals surface area contributed by atoms with E-state index in [1.165, 1.54) is 6.33 Å². The van der Waals surface area contributed by atoms with Gasteiger partial charge in [-0.25, -0.2) is 4.98 Å². The average Bonchev–Trinajstić information content (AvgIpc) is 3.04. The van der Waals surface area contributed by atoms with Crippen molar-refractivity contribution in [3.05, 3.63) is 17.0 Å². The van der Waals surface area contributed by atoms with E-state index >= 15 is 0 Å². The summed E-state index contributed by atoms with van der Waals surface area (Å²) in [6.07, 6.45) is 0.797. The molecule has 5 nitrogen and oxygen atoms in total. The molecule has 25 heavy (non-hydrogen) atoms. The first kappa shape index (κ1) is 18.2. The van der Waals surface area contributed by atoms with Crippen molar-refractivity contribution in [2.75, 3.05) is 5.32 Å². The van der Waals surface area contributed by atoms with Gasteiger partial charge in [-0.05, 0) is 44.4 Å². The number of aryl methyl sites for hydroxylation is 1. The van der Waals surface area contributed by atoms with Crippen molar-refractivity contribution in [2.45, 2.75) is 64.1 Å². The maximum absolute atomic E-state index is 12.4. The van der Waals surface area contributed by atoms with Gasteiger partial charge in [0.25, 0.3) is 5.78 Å². The molecular formula is C16H21ClF3N5. The van der Waals surface area contributed by atoms with E-state index in [0.29, 0.717) is 23.0 Å². The Morgan fingerprint density at radius 2 is 2.00 bits per heavy atom. The summed E-state index contributed by atoms with van der Waals surface area (Å²) >= 11 is 6.45. The number of hydrogen-bond donors (Lipinski definition) is 1. The predicted octanol–water partition coefficient (Wildman–Crippen LogP) is 4.65. The molecule has 2 heterocycles. The van der Waals surface area contributed by atoms with E-state index in [1.54, 1.807) is 4.52 Å². The van der Waals surface area contributed by atoms with Gasteiger partial charge in [0.1, 0.15) is 11.3 Å². The monoisotopic (exact) mass is 375 g/mol. The lowest BCUT2D eigenvalue weighted by atomic mass is 9.83. The largest absolute Gasteiger partial charge is 0.389 e. The fourth-order valence-electron chi connectivity index (χ4n) is 3.38. The van der Waals surface area contributed by atoms with Crippen molar-refractivity contribution in [3.63, 3.8) is 0 Å². The second-order valence-electron chi connectivity index (χ2n) is 6.56. The second kappa shape index (κ2) is 7.35. The van der Waals surface area contributed by atoms with E-state index in [2.05, 4.69) is 20.4 Å². The van der Waals surface area contributed by atoms with Crippen LogP contribution in [0.5, 0.6) is 0 Å². The Morgan fingerprint density at radius 1 is 1.28 bits per heavy atom. The lowest BCUT2D eigenvalue weighted by molar-refractivity contribution is -0.138. The Bertz CT molecular complexity index is 722. The molecule has 138 valence electrons. The van der Waals surface area contributed by atoms with Gasteiger partial charge < -0.3 is 5.32 Å². The SMILES string of the molecule is CCc1nc2ncnn2c(NC2CCC(CCC(F)(F)F)CC2)c1Cl. The molecule has 0 aromatic carbocycles. The van der Waals surface area contributed by atoms with Gasteiger partial charge in [0.2, 0.25) is 0 Å². The summed E-state index contributed by atoms with van der Waals surface area (Å²) in [6.45, 7) is 1.97. The maximum Gasteiger partial charge on any atom is 0.389 e. The second-order valence-corrected chi connectivity index (χ2v) is 6.94. The molecule has 3 rings (SSSR count). The van der Waals surface area contributed by atoms with Crippen LogP contribution < -0.4 is 5.32 Å². The van der Waals surface area contributed by atoms with E-state index in [1.807, 2.05) is 6.92 Å². The third kappa shape index (κ3) is 4.34. The number of rotatable bonds is 5. The molecule has 9 heteroatoms. The number of nitrogens with zero attached hydrogens (tertiary/aromatic N) is 4. The van der Waals surface area contributed by atoms with Gasteiger partial charge in [0.05, 0.1) is 5.69 Å². The highest BCUT2D eigenvalue weighted by atomic mass is 35.5. The number of hydrogen-bond acceptors (Lipinski definition) is 4. The third-order valence-electron chi connectivity index (χ3n) is 4.80. The Balaban J connectivity index is 1.65. The summed E-state index contributed by atoms with van der Waals surface area (Å²) in [4.78, 5) is 8.49. The highest BCUT2D eigenvalue weighted by Crippen LogP contribution is 2.34. The van der Waals surface area contributed by atoms with Crippen molar-refractivity contribution >= 4 is 23.2 Å². The van der Waals surface area contributed by atoms with Gasteiger partial charge in [-0.15, -0.1) is 0 Å². The lowest BCUT2D eigenvalue weighted by Gasteiger charge is -2.30. The molecule has 0 amide bonds. The van der Waals surface area contributed by atoms with Crippen molar-refractivity contribution in [2.24, 2.45) is 5.92 Å². The zero-order valence-electron chi connectivity index (χ0n) is 14.0. The van der Waals surface area contributed by atoms with E-state index in [-0.39, 0.29) is 18.4 Å². The Labute approximate surface area is 149 Å². The van der Waals surface area contributed by atoms with Crippen LogP contribution >= 0.6 is 11.6 Å². The zero-order valence-corrected chi connectivity index (χ0v) is 14.7. The summed E-state index contributed by atoms with van der Waals surface area (Å²) < 4.78 is 38.7. The minimum atomic E-state index is -4.06. The van der Waals surface area contributed by atoms with Crippen molar-refractivity contribution in [1.29, 1.82) is 0 Å². The molecule has 0 atom stereocenters. The molecule has 1 aliphatic carbocycles. The van der Waals surface area contributed by atoms with Crippen LogP contribution in [0.15, 0.2) is 6.33 Å². The number of halogens is 4. The zero-order chi connectivity index (χ0) is 18.0. The first-order chi connectivity index (χ1) is 11.9. The molecular weight excluding hydrogens is 355 g/mol. The molecule has 0 aliphatic heterocycles. The number of fused-ring (bicyclic) bond motifs is 1. The lowest BCUT2D eigenvalue weighted by Crippen LogP contribution is -2.28. The quantitative estimate of drug-likeness (QED) is 0.826. The fraction of sp³-hybridized carbons (Fsp3) is 0.688. The fourth-order valence-corrected chi connectivity index (χ4v) is 3.69. The predicted molar refractivity (Wildman–Crippen MR) is 89.8 cm³/mol. The van der Waals surface area contributed by atoms with Crippen LogP contribution in [0.4, 0.5) is 19.0 Å². The Hall–Kier alpha value is -1.57. The van der Waals surface area contributed by atoms with Crippen molar-refractivity contribution < 1.29 is 13.2 Å². The number of aromatic nitrogens is 4. The minimum absolute atomic E-state index is 0.144.